The van der Waals surface area contributed by atoms with Gasteiger partial charge < -0.3 is 15.0 Å². The highest BCUT2D eigenvalue weighted by Gasteiger charge is 2.12. The van der Waals surface area contributed by atoms with Crippen LogP contribution >= 0.6 is 11.8 Å². The topological polar surface area (TPSA) is 77.9 Å². The van der Waals surface area contributed by atoms with Gasteiger partial charge in [-0.25, -0.2) is 15.0 Å². The van der Waals surface area contributed by atoms with Gasteiger partial charge >= 0.3 is 0 Å². The number of aromatic amines is 1. The Bertz CT molecular complexity index is 514. The van der Waals surface area contributed by atoms with Crippen LogP contribution in [0.4, 0.5) is 0 Å². The third kappa shape index (κ3) is 3.65. The molecule has 0 amide bonds. The third-order valence-corrected chi connectivity index (χ3v) is 4.10. The van der Waals surface area contributed by atoms with Crippen molar-refractivity contribution in [3.63, 3.8) is 0 Å². The third-order valence-electron chi connectivity index (χ3n) is 2.96. The average molecular weight is 281 g/mol. The normalized spacial score (nSPS) is 13.3. The summed E-state index contributed by atoms with van der Waals surface area (Å²) in [5.74, 6) is 0.613. The van der Waals surface area contributed by atoms with Gasteiger partial charge in [-0.15, -0.1) is 11.8 Å². The van der Waals surface area contributed by atoms with Gasteiger partial charge in [-0.1, -0.05) is 13.8 Å². The molecule has 2 heterocycles. The molecule has 0 aliphatic rings. The van der Waals surface area contributed by atoms with Crippen LogP contribution in [-0.2, 0) is 0 Å². The number of fused-ring (bicyclic) bond motifs is 1. The summed E-state index contributed by atoms with van der Waals surface area (Å²) < 4.78 is 0. The molecular weight excluding hydrogens is 262 g/mol. The highest BCUT2D eigenvalue weighted by atomic mass is 32.2. The Morgan fingerprint density at radius 3 is 2.84 bits per heavy atom. The lowest BCUT2D eigenvalue weighted by Gasteiger charge is -2.21. The van der Waals surface area contributed by atoms with Crippen molar-refractivity contribution < 1.29 is 5.11 Å². The van der Waals surface area contributed by atoms with Crippen molar-refractivity contribution in [2.75, 3.05) is 25.4 Å². The maximum atomic E-state index is 10.0. The highest BCUT2D eigenvalue weighted by molar-refractivity contribution is 7.99. The second-order valence-corrected chi connectivity index (χ2v) is 5.24. The Balaban J connectivity index is 1.93. The number of aliphatic hydroxyl groups excluding tert-OH is 1. The quantitative estimate of drug-likeness (QED) is 0.585. The van der Waals surface area contributed by atoms with E-state index in [2.05, 4.69) is 38.7 Å². The molecule has 2 rings (SSSR count). The molecule has 0 radical (unpaired) electrons. The van der Waals surface area contributed by atoms with E-state index in [4.69, 9.17) is 0 Å². The van der Waals surface area contributed by atoms with E-state index >= 15 is 0 Å². The summed E-state index contributed by atoms with van der Waals surface area (Å²) >= 11 is 1.53. The second kappa shape index (κ2) is 6.83. The molecule has 19 heavy (non-hydrogen) atoms. The number of H-pyrrole nitrogens is 1. The molecule has 0 spiro atoms. The summed E-state index contributed by atoms with van der Waals surface area (Å²) in [6, 6.07) is 0. The fourth-order valence-corrected chi connectivity index (χ4v) is 2.73. The number of likely N-dealkylation sites (N-methyl/N-ethyl adjacent to an activating group) is 1. The standard InChI is InChI=1S/C12H19N5OS/c1-3-17(4-2)5-9(18)6-19-12-10-11(14-7-13-10)15-8-16-12/h7-9,18H,3-6H2,1-2H3,(H,13,14,15,16)/t9-/m0/s1. The molecule has 0 aromatic carbocycles. The van der Waals surface area contributed by atoms with Gasteiger partial charge in [0.15, 0.2) is 5.65 Å². The van der Waals surface area contributed by atoms with Crippen molar-refractivity contribution in [1.29, 1.82) is 0 Å². The molecule has 0 unspecified atom stereocenters. The maximum Gasteiger partial charge on any atom is 0.181 e. The van der Waals surface area contributed by atoms with E-state index < -0.39 is 0 Å². The van der Waals surface area contributed by atoms with E-state index in [-0.39, 0.29) is 6.10 Å². The highest BCUT2D eigenvalue weighted by Crippen LogP contribution is 2.22. The average Bonchev–Trinajstić information content (AvgIpc) is 2.91. The second-order valence-electron chi connectivity index (χ2n) is 4.23. The fourth-order valence-electron chi connectivity index (χ4n) is 1.86. The SMILES string of the molecule is CCN(CC)C[C@H](O)CSc1ncnc2nc[nH]c12. The first-order chi connectivity index (χ1) is 9.24. The Kier molecular flexibility index (Phi) is 5.12. The van der Waals surface area contributed by atoms with Crippen molar-refractivity contribution in [3.05, 3.63) is 12.7 Å². The number of nitrogens with zero attached hydrogens (tertiary/aromatic N) is 4. The van der Waals surface area contributed by atoms with Gasteiger partial charge in [-0.05, 0) is 13.1 Å². The predicted octanol–water partition coefficient (Wildman–Crippen LogP) is 1.15. The number of rotatable bonds is 7. The minimum absolute atomic E-state index is 0.363. The number of hydrogen-bond donors (Lipinski definition) is 2. The van der Waals surface area contributed by atoms with E-state index in [1.807, 2.05) is 0 Å². The van der Waals surface area contributed by atoms with Crippen LogP contribution < -0.4 is 0 Å². The van der Waals surface area contributed by atoms with E-state index in [1.54, 1.807) is 6.33 Å². The Labute approximate surface area is 116 Å². The van der Waals surface area contributed by atoms with Gasteiger partial charge in [-0.3, -0.25) is 0 Å². The number of hydrogen-bond acceptors (Lipinski definition) is 6. The Morgan fingerprint density at radius 1 is 1.32 bits per heavy atom. The van der Waals surface area contributed by atoms with Gasteiger partial charge in [0.2, 0.25) is 0 Å². The molecule has 2 N–H and O–H groups in total. The van der Waals surface area contributed by atoms with E-state index in [0.717, 1.165) is 23.6 Å². The molecular formula is C12H19N5OS. The van der Waals surface area contributed by atoms with E-state index in [0.29, 0.717) is 17.9 Å². The number of nitrogens with one attached hydrogen (secondary N) is 1. The van der Waals surface area contributed by atoms with Crippen molar-refractivity contribution in [2.45, 2.75) is 25.0 Å². The van der Waals surface area contributed by atoms with Crippen LogP contribution in [0, 0.1) is 0 Å². The molecule has 1 atom stereocenters. The van der Waals surface area contributed by atoms with Crippen molar-refractivity contribution >= 4 is 22.9 Å². The molecule has 0 aliphatic heterocycles. The monoisotopic (exact) mass is 281 g/mol. The van der Waals surface area contributed by atoms with Crippen molar-refractivity contribution in [3.8, 4) is 0 Å². The first-order valence-corrected chi connectivity index (χ1v) is 7.40. The maximum absolute atomic E-state index is 10.0. The summed E-state index contributed by atoms with van der Waals surface area (Å²) in [5.41, 5.74) is 1.50. The molecule has 7 heteroatoms. The first-order valence-electron chi connectivity index (χ1n) is 6.41. The lowest BCUT2D eigenvalue weighted by Crippen LogP contribution is -2.33. The molecule has 2 aromatic heterocycles. The van der Waals surface area contributed by atoms with Crippen molar-refractivity contribution in [2.24, 2.45) is 0 Å². The van der Waals surface area contributed by atoms with E-state index in [9.17, 15) is 5.11 Å². The zero-order valence-corrected chi connectivity index (χ0v) is 12.0. The van der Waals surface area contributed by atoms with Crippen LogP contribution in [0.3, 0.4) is 0 Å². The van der Waals surface area contributed by atoms with Crippen LogP contribution in [0.1, 0.15) is 13.8 Å². The Morgan fingerprint density at radius 2 is 2.11 bits per heavy atom. The van der Waals surface area contributed by atoms with Crippen LogP contribution in [0.15, 0.2) is 17.7 Å². The van der Waals surface area contributed by atoms with Crippen LogP contribution in [0.5, 0.6) is 0 Å². The minimum atomic E-state index is -0.363. The van der Waals surface area contributed by atoms with Gasteiger partial charge in [0, 0.05) is 12.3 Å². The fraction of sp³-hybridized carbons (Fsp3) is 0.583. The summed E-state index contributed by atoms with van der Waals surface area (Å²) in [6.07, 6.45) is 2.75. The van der Waals surface area contributed by atoms with Gasteiger partial charge in [0.05, 0.1) is 12.4 Å². The Hall–Kier alpha value is -1.18. The molecule has 0 fully saturated rings. The summed E-state index contributed by atoms with van der Waals surface area (Å²) in [6.45, 7) is 6.80. The first kappa shape index (κ1) is 14.2. The summed E-state index contributed by atoms with van der Waals surface area (Å²) in [7, 11) is 0. The molecule has 2 aromatic rings. The molecule has 104 valence electrons. The van der Waals surface area contributed by atoms with E-state index in [1.165, 1.54) is 18.1 Å². The van der Waals surface area contributed by atoms with Crippen molar-refractivity contribution in [1.82, 2.24) is 24.8 Å². The molecule has 0 aliphatic carbocycles. The lowest BCUT2D eigenvalue weighted by molar-refractivity contribution is 0.137. The predicted molar refractivity (Wildman–Crippen MR) is 76.2 cm³/mol. The van der Waals surface area contributed by atoms with Crippen LogP contribution in [0.25, 0.3) is 11.2 Å². The largest absolute Gasteiger partial charge is 0.391 e. The number of aromatic nitrogens is 4. The number of thioether (sulfide) groups is 1. The number of aliphatic hydroxyl groups is 1. The molecule has 0 bridgehead atoms. The number of imidazole rings is 1. The zero-order chi connectivity index (χ0) is 13.7. The van der Waals surface area contributed by atoms with Gasteiger partial charge in [0.1, 0.15) is 16.9 Å². The zero-order valence-electron chi connectivity index (χ0n) is 11.2. The molecule has 0 saturated heterocycles. The summed E-state index contributed by atoms with van der Waals surface area (Å²) in [4.78, 5) is 17.6. The van der Waals surface area contributed by atoms with Crippen LogP contribution in [-0.4, -0.2) is 61.4 Å². The van der Waals surface area contributed by atoms with Gasteiger partial charge in [-0.2, -0.15) is 0 Å². The minimum Gasteiger partial charge on any atom is -0.391 e. The molecule has 0 saturated carbocycles. The van der Waals surface area contributed by atoms with Gasteiger partial charge in [0.25, 0.3) is 0 Å². The lowest BCUT2D eigenvalue weighted by atomic mass is 10.3. The summed E-state index contributed by atoms with van der Waals surface area (Å²) in [5, 5.41) is 10.9. The smallest absolute Gasteiger partial charge is 0.181 e. The van der Waals surface area contributed by atoms with Crippen LogP contribution in [0.2, 0.25) is 0 Å². The molecule has 6 nitrogen and oxygen atoms in total.